The summed E-state index contributed by atoms with van der Waals surface area (Å²) < 4.78 is 26.3. The highest BCUT2D eigenvalue weighted by atomic mass is 19.1. The maximum absolute atomic E-state index is 13.1. The molecule has 1 aromatic carbocycles. The molecular formula is C15H21F2N. The van der Waals surface area contributed by atoms with Gasteiger partial charge in [0.25, 0.3) is 0 Å². The molecule has 100 valence electrons. The predicted octanol–water partition coefficient (Wildman–Crippen LogP) is 3.53. The monoisotopic (exact) mass is 253 g/mol. The fraction of sp³-hybridized carbons (Fsp3) is 0.600. The van der Waals surface area contributed by atoms with E-state index in [0.29, 0.717) is 11.8 Å². The predicted molar refractivity (Wildman–Crippen MR) is 69.4 cm³/mol. The van der Waals surface area contributed by atoms with Crippen molar-refractivity contribution in [1.82, 2.24) is 5.32 Å². The molecule has 1 nitrogen and oxygen atoms in total. The van der Waals surface area contributed by atoms with Crippen LogP contribution in [0.15, 0.2) is 18.2 Å². The molecule has 1 saturated carbocycles. The van der Waals surface area contributed by atoms with Crippen molar-refractivity contribution in [3.63, 3.8) is 0 Å². The maximum Gasteiger partial charge on any atom is 0.126 e. The molecule has 3 heteroatoms. The Hall–Kier alpha value is -0.960. The van der Waals surface area contributed by atoms with Gasteiger partial charge in [-0.25, -0.2) is 8.78 Å². The molecule has 1 aliphatic carbocycles. The molecule has 0 aromatic heterocycles. The normalized spacial score (nSPS) is 23.5. The first-order valence-electron chi connectivity index (χ1n) is 6.84. The van der Waals surface area contributed by atoms with Crippen molar-refractivity contribution in [2.75, 3.05) is 13.1 Å². The van der Waals surface area contributed by atoms with Crippen LogP contribution < -0.4 is 5.32 Å². The number of benzene rings is 1. The Balaban J connectivity index is 1.98. The Morgan fingerprint density at radius 3 is 2.44 bits per heavy atom. The summed E-state index contributed by atoms with van der Waals surface area (Å²) in [4.78, 5) is 0. The van der Waals surface area contributed by atoms with Crippen molar-refractivity contribution in [3.8, 4) is 0 Å². The van der Waals surface area contributed by atoms with E-state index in [0.717, 1.165) is 31.1 Å². The third-order valence-corrected chi connectivity index (χ3v) is 3.89. The van der Waals surface area contributed by atoms with E-state index < -0.39 is 11.6 Å². The van der Waals surface area contributed by atoms with Gasteiger partial charge in [0.1, 0.15) is 11.6 Å². The summed E-state index contributed by atoms with van der Waals surface area (Å²) in [5.74, 6) is 0.277. The zero-order valence-electron chi connectivity index (χ0n) is 10.9. The molecule has 0 bridgehead atoms. The van der Waals surface area contributed by atoms with Crippen LogP contribution in [0.1, 0.15) is 31.7 Å². The summed E-state index contributed by atoms with van der Waals surface area (Å²) in [6.45, 7) is 4.11. The second-order valence-corrected chi connectivity index (χ2v) is 5.24. The first kappa shape index (κ1) is 13.5. The van der Waals surface area contributed by atoms with Gasteiger partial charge in [-0.05, 0) is 61.9 Å². The molecule has 0 spiro atoms. The van der Waals surface area contributed by atoms with Crippen LogP contribution >= 0.6 is 0 Å². The first-order chi connectivity index (χ1) is 8.69. The standard InChI is InChI=1S/C15H21F2N/c1-2-18-10-13-5-3-4-12(13)6-11-7-14(16)9-15(17)8-11/h7-9,12-13,18H,2-6,10H2,1H3. The molecule has 2 atom stereocenters. The number of hydrogen-bond donors (Lipinski definition) is 1. The number of nitrogens with one attached hydrogen (secondary N) is 1. The van der Waals surface area contributed by atoms with Crippen LogP contribution in [0.4, 0.5) is 8.78 Å². The molecule has 1 fully saturated rings. The first-order valence-corrected chi connectivity index (χ1v) is 6.84. The van der Waals surface area contributed by atoms with Crippen LogP contribution in [0.25, 0.3) is 0 Å². The van der Waals surface area contributed by atoms with Crippen molar-refractivity contribution < 1.29 is 8.78 Å². The van der Waals surface area contributed by atoms with Gasteiger partial charge in [-0.3, -0.25) is 0 Å². The van der Waals surface area contributed by atoms with E-state index in [2.05, 4.69) is 12.2 Å². The number of halogens is 2. The van der Waals surface area contributed by atoms with Crippen LogP contribution in [0, 0.1) is 23.5 Å². The summed E-state index contributed by atoms with van der Waals surface area (Å²) in [5, 5.41) is 3.38. The van der Waals surface area contributed by atoms with E-state index >= 15 is 0 Å². The summed E-state index contributed by atoms with van der Waals surface area (Å²) in [6.07, 6.45) is 4.44. The second-order valence-electron chi connectivity index (χ2n) is 5.24. The number of hydrogen-bond acceptors (Lipinski definition) is 1. The molecule has 0 amide bonds. The highest BCUT2D eigenvalue weighted by Gasteiger charge is 2.26. The van der Waals surface area contributed by atoms with Crippen LogP contribution in [0.2, 0.25) is 0 Å². The molecule has 1 aliphatic rings. The number of rotatable bonds is 5. The Labute approximate surface area is 108 Å². The van der Waals surface area contributed by atoms with Gasteiger partial charge in [0.05, 0.1) is 0 Å². The zero-order chi connectivity index (χ0) is 13.0. The minimum absolute atomic E-state index is 0.466. The van der Waals surface area contributed by atoms with Crippen molar-refractivity contribution in [2.24, 2.45) is 11.8 Å². The topological polar surface area (TPSA) is 12.0 Å². The lowest BCUT2D eigenvalue weighted by Crippen LogP contribution is -2.26. The average Bonchev–Trinajstić information content (AvgIpc) is 2.72. The van der Waals surface area contributed by atoms with Crippen LogP contribution in [-0.2, 0) is 6.42 Å². The summed E-state index contributed by atoms with van der Waals surface area (Å²) >= 11 is 0. The fourth-order valence-corrected chi connectivity index (χ4v) is 3.01. The molecule has 2 rings (SSSR count). The molecule has 1 N–H and O–H groups in total. The van der Waals surface area contributed by atoms with Crippen LogP contribution in [-0.4, -0.2) is 13.1 Å². The third-order valence-electron chi connectivity index (χ3n) is 3.89. The van der Waals surface area contributed by atoms with Gasteiger partial charge in [-0.15, -0.1) is 0 Å². The maximum atomic E-state index is 13.1. The summed E-state index contributed by atoms with van der Waals surface area (Å²) in [5.41, 5.74) is 0.792. The molecule has 18 heavy (non-hydrogen) atoms. The zero-order valence-corrected chi connectivity index (χ0v) is 10.9. The quantitative estimate of drug-likeness (QED) is 0.846. The average molecular weight is 253 g/mol. The Morgan fingerprint density at radius 2 is 1.78 bits per heavy atom. The van der Waals surface area contributed by atoms with Crippen LogP contribution in [0.5, 0.6) is 0 Å². The van der Waals surface area contributed by atoms with Gasteiger partial charge >= 0.3 is 0 Å². The molecule has 0 saturated heterocycles. The van der Waals surface area contributed by atoms with E-state index in [4.69, 9.17) is 0 Å². The van der Waals surface area contributed by atoms with E-state index in [1.807, 2.05) is 0 Å². The SMILES string of the molecule is CCNCC1CCCC1Cc1cc(F)cc(F)c1. The van der Waals surface area contributed by atoms with Crippen molar-refractivity contribution in [1.29, 1.82) is 0 Å². The Morgan fingerprint density at radius 1 is 1.11 bits per heavy atom. The summed E-state index contributed by atoms with van der Waals surface area (Å²) in [6, 6.07) is 3.87. The Bertz CT molecular complexity index is 372. The molecule has 2 unspecified atom stereocenters. The lowest BCUT2D eigenvalue weighted by Gasteiger charge is -2.20. The third kappa shape index (κ3) is 3.52. The van der Waals surface area contributed by atoms with E-state index in [1.54, 1.807) is 0 Å². The van der Waals surface area contributed by atoms with Gasteiger partial charge in [0.15, 0.2) is 0 Å². The lowest BCUT2D eigenvalue weighted by molar-refractivity contribution is 0.367. The van der Waals surface area contributed by atoms with Gasteiger partial charge in [0, 0.05) is 6.07 Å². The largest absolute Gasteiger partial charge is 0.317 e. The van der Waals surface area contributed by atoms with E-state index in [9.17, 15) is 8.78 Å². The minimum atomic E-state index is -0.466. The highest BCUT2D eigenvalue weighted by molar-refractivity contribution is 5.18. The van der Waals surface area contributed by atoms with Crippen LogP contribution in [0.3, 0.4) is 0 Å². The molecule has 0 heterocycles. The smallest absolute Gasteiger partial charge is 0.126 e. The van der Waals surface area contributed by atoms with Crippen molar-refractivity contribution >= 4 is 0 Å². The molecule has 0 radical (unpaired) electrons. The van der Waals surface area contributed by atoms with Gasteiger partial charge in [-0.2, -0.15) is 0 Å². The molecule has 0 aliphatic heterocycles. The molecular weight excluding hydrogens is 232 g/mol. The fourth-order valence-electron chi connectivity index (χ4n) is 3.01. The lowest BCUT2D eigenvalue weighted by atomic mass is 9.89. The Kier molecular flexibility index (Phi) is 4.70. The molecule has 1 aromatic rings. The van der Waals surface area contributed by atoms with E-state index in [-0.39, 0.29) is 0 Å². The van der Waals surface area contributed by atoms with Crippen molar-refractivity contribution in [2.45, 2.75) is 32.6 Å². The summed E-state index contributed by atoms with van der Waals surface area (Å²) in [7, 11) is 0. The van der Waals surface area contributed by atoms with E-state index in [1.165, 1.54) is 31.4 Å². The van der Waals surface area contributed by atoms with Gasteiger partial charge < -0.3 is 5.32 Å². The minimum Gasteiger partial charge on any atom is -0.317 e. The van der Waals surface area contributed by atoms with Crippen molar-refractivity contribution in [3.05, 3.63) is 35.4 Å². The highest BCUT2D eigenvalue weighted by Crippen LogP contribution is 2.34. The van der Waals surface area contributed by atoms with Gasteiger partial charge in [-0.1, -0.05) is 13.3 Å². The second kappa shape index (κ2) is 6.28. The van der Waals surface area contributed by atoms with Gasteiger partial charge in [0.2, 0.25) is 0 Å².